The zero-order valence-corrected chi connectivity index (χ0v) is 28.5. The fourth-order valence-electron chi connectivity index (χ4n) is 7.88. The average molecular weight is 676 g/mol. The van der Waals surface area contributed by atoms with Gasteiger partial charge in [0.2, 0.25) is 0 Å². The van der Waals surface area contributed by atoms with E-state index in [-0.39, 0.29) is 23.2 Å². The fraction of sp³-hybridized carbons (Fsp3) is 0.472. The van der Waals surface area contributed by atoms with Gasteiger partial charge in [-0.1, -0.05) is 36.7 Å². The Morgan fingerprint density at radius 3 is 2.85 bits per heavy atom. The molecule has 11 heteroatoms. The molecule has 9 nitrogen and oxygen atoms in total. The molecule has 2 aliphatic carbocycles. The van der Waals surface area contributed by atoms with Crippen LogP contribution in [0, 0.1) is 17.8 Å². The number of fused-ring (bicyclic) bond motifs is 4. The van der Waals surface area contributed by atoms with Crippen LogP contribution in [0.1, 0.15) is 60.5 Å². The fourth-order valence-corrected chi connectivity index (χ4v) is 9.99. The van der Waals surface area contributed by atoms with Crippen molar-refractivity contribution in [2.45, 2.75) is 57.0 Å². The van der Waals surface area contributed by atoms with Crippen LogP contribution in [-0.4, -0.2) is 58.7 Å². The molecule has 7 rings (SSSR count). The maximum absolute atomic E-state index is 14.4. The number of methoxy groups -OCH3 is 1. The topological polar surface area (TPSA) is 106 Å². The second-order valence-corrected chi connectivity index (χ2v) is 16.1. The van der Waals surface area contributed by atoms with E-state index in [1.807, 2.05) is 25.1 Å². The first-order valence-electron chi connectivity index (χ1n) is 16.6. The summed E-state index contributed by atoms with van der Waals surface area (Å²) in [4.78, 5) is 24.6. The zero-order chi connectivity index (χ0) is 32.6. The van der Waals surface area contributed by atoms with Crippen molar-refractivity contribution in [1.29, 1.82) is 0 Å². The number of amides is 1. The van der Waals surface area contributed by atoms with Crippen LogP contribution in [0.3, 0.4) is 0 Å². The molecule has 2 aromatic carbocycles. The number of halogens is 1. The largest absolute Gasteiger partial charge is 0.490 e. The van der Waals surface area contributed by atoms with Gasteiger partial charge in [-0.05, 0) is 97.7 Å². The van der Waals surface area contributed by atoms with Gasteiger partial charge in [-0.2, -0.15) is 0 Å². The number of allylic oxidation sites excluding steroid dienone is 1. The lowest BCUT2D eigenvalue weighted by molar-refractivity contribution is 0.0131. The normalized spacial score (nSPS) is 31.3. The number of ether oxygens (including phenoxy) is 2. The van der Waals surface area contributed by atoms with Gasteiger partial charge in [0.25, 0.3) is 5.91 Å². The Balaban J connectivity index is 1.32. The van der Waals surface area contributed by atoms with Crippen LogP contribution in [0.4, 0.5) is 11.5 Å². The van der Waals surface area contributed by atoms with Crippen molar-refractivity contribution in [2.24, 2.45) is 22.1 Å². The van der Waals surface area contributed by atoms with E-state index in [1.165, 1.54) is 23.5 Å². The Morgan fingerprint density at radius 2 is 2.06 bits per heavy atom. The van der Waals surface area contributed by atoms with Crippen molar-refractivity contribution >= 4 is 38.9 Å². The van der Waals surface area contributed by atoms with Crippen molar-refractivity contribution in [3.05, 3.63) is 88.9 Å². The first kappa shape index (κ1) is 32.1. The monoisotopic (exact) mass is 675 g/mol. The molecule has 3 aromatic rings. The highest BCUT2D eigenvalue weighted by molar-refractivity contribution is 7.95. The molecule has 1 saturated carbocycles. The van der Waals surface area contributed by atoms with Gasteiger partial charge in [0.15, 0.2) is 5.82 Å². The van der Waals surface area contributed by atoms with Crippen LogP contribution in [-0.2, 0) is 26.5 Å². The summed E-state index contributed by atoms with van der Waals surface area (Å²) in [5.41, 5.74) is 3.60. The summed E-state index contributed by atoms with van der Waals surface area (Å²) < 4.78 is 34.4. The Morgan fingerprint density at radius 1 is 1.17 bits per heavy atom. The molecule has 1 aromatic heterocycles. The molecule has 3 heterocycles. The minimum atomic E-state index is -3.24. The number of benzene rings is 2. The van der Waals surface area contributed by atoms with Gasteiger partial charge in [-0.25, -0.2) is 9.19 Å². The third-order valence-electron chi connectivity index (χ3n) is 10.3. The number of carbonyl (C=O) groups is 1. The SMILES string of the molecule is CO[C@H]1/C=C\C[C@H](C)CS(=O)(Nc2cnccn2)=NC(=O)c2ccc3c(c2)N(C[C@@H]2CC[C@H]21)C[C@@]1(CCCc2cc(Cl)ccc21)CO3. The maximum Gasteiger partial charge on any atom is 0.286 e. The first-order chi connectivity index (χ1) is 22.7. The molecule has 248 valence electrons. The highest BCUT2D eigenvalue weighted by atomic mass is 35.5. The Bertz CT molecular complexity index is 1800. The number of nitrogens with one attached hydrogen (secondary N) is 1. The predicted octanol–water partition coefficient (Wildman–Crippen LogP) is 6.88. The molecule has 4 aliphatic rings. The molecule has 0 radical (unpaired) electrons. The Kier molecular flexibility index (Phi) is 9.02. The summed E-state index contributed by atoms with van der Waals surface area (Å²) in [6, 6.07) is 11.8. The average Bonchev–Trinajstić information content (AvgIpc) is 3.19. The molecular weight excluding hydrogens is 634 g/mol. The number of carbonyl (C=O) groups excluding carboxylic acids is 1. The molecule has 2 bridgehead atoms. The van der Waals surface area contributed by atoms with Gasteiger partial charge in [-0.3, -0.25) is 14.5 Å². The number of nitrogens with zero attached hydrogens (tertiary/aromatic N) is 4. The van der Waals surface area contributed by atoms with E-state index >= 15 is 0 Å². The zero-order valence-electron chi connectivity index (χ0n) is 26.9. The number of anilines is 2. The van der Waals surface area contributed by atoms with E-state index in [1.54, 1.807) is 19.4 Å². The maximum atomic E-state index is 14.4. The van der Waals surface area contributed by atoms with Crippen molar-refractivity contribution in [1.82, 2.24) is 9.97 Å². The lowest BCUT2D eigenvalue weighted by Gasteiger charge is -2.46. The van der Waals surface area contributed by atoms with E-state index in [0.717, 1.165) is 61.7 Å². The molecule has 0 saturated heterocycles. The molecule has 1 amide bonds. The van der Waals surface area contributed by atoms with E-state index < -0.39 is 15.8 Å². The minimum absolute atomic E-state index is 0.0114. The molecule has 1 unspecified atom stereocenters. The van der Waals surface area contributed by atoms with E-state index in [2.05, 4.69) is 48.2 Å². The summed E-state index contributed by atoms with van der Waals surface area (Å²) in [5, 5.41) is 0.756. The van der Waals surface area contributed by atoms with Crippen LogP contribution in [0.2, 0.25) is 5.02 Å². The van der Waals surface area contributed by atoms with E-state index in [0.29, 0.717) is 36.2 Å². The van der Waals surface area contributed by atoms with Gasteiger partial charge >= 0.3 is 0 Å². The number of rotatable bonds is 3. The molecular formula is C36H42ClN5O4S. The predicted molar refractivity (Wildman–Crippen MR) is 186 cm³/mol. The standard InChI is InChI=1S/C36H42ClN5O4S/c1-24-5-3-7-32(45-2)29-11-8-27(29)20-42-22-36(14-4-6-25-17-28(37)10-12-30(25)36)23-46-33-13-9-26(18-31(33)42)35(43)41-47(44,21-24)40-34-19-38-15-16-39-34/h3,7,9-10,12-13,15-19,24,27,29,32H,4-6,8,11,14,20-23H2,1-2H3,(H,39,40,41,43,44)/b7-3-/t24-,27-,29+,32-,36-,47?/m0/s1. The highest BCUT2D eigenvalue weighted by Crippen LogP contribution is 2.47. The summed E-state index contributed by atoms with van der Waals surface area (Å²) in [7, 11) is -1.46. The van der Waals surface area contributed by atoms with Crippen LogP contribution >= 0.6 is 11.6 Å². The molecule has 1 N–H and O–H groups in total. The van der Waals surface area contributed by atoms with E-state index in [4.69, 9.17) is 21.1 Å². The van der Waals surface area contributed by atoms with Crippen LogP contribution in [0.5, 0.6) is 5.75 Å². The van der Waals surface area contributed by atoms with Gasteiger partial charge in [0, 0.05) is 48.6 Å². The smallest absolute Gasteiger partial charge is 0.286 e. The van der Waals surface area contributed by atoms with Crippen molar-refractivity contribution < 1.29 is 18.5 Å². The summed E-state index contributed by atoms with van der Waals surface area (Å²) in [6.45, 7) is 4.12. The van der Waals surface area contributed by atoms with E-state index in [9.17, 15) is 9.00 Å². The van der Waals surface area contributed by atoms with Crippen molar-refractivity contribution in [3.63, 3.8) is 0 Å². The van der Waals surface area contributed by atoms with Crippen molar-refractivity contribution in [3.8, 4) is 5.75 Å². The van der Waals surface area contributed by atoms with Gasteiger partial charge < -0.3 is 14.4 Å². The number of aromatic nitrogens is 2. The van der Waals surface area contributed by atoms with Crippen LogP contribution in [0.15, 0.2) is 71.5 Å². The Hall–Kier alpha value is -3.47. The number of aryl methyl sites for hydroxylation is 1. The molecule has 1 fully saturated rings. The summed E-state index contributed by atoms with van der Waals surface area (Å²) in [5.74, 6) is 1.45. The highest BCUT2D eigenvalue weighted by Gasteiger charge is 2.44. The molecule has 2 aliphatic heterocycles. The quantitative estimate of drug-likeness (QED) is 0.302. The molecule has 47 heavy (non-hydrogen) atoms. The third-order valence-corrected chi connectivity index (χ3v) is 12.6. The number of hydrogen-bond acceptors (Lipinski definition) is 7. The summed E-state index contributed by atoms with van der Waals surface area (Å²) in [6.07, 6.45) is 14.8. The lowest BCUT2D eigenvalue weighted by Crippen LogP contribution is -2.49. The second kappa shape index (κ2) is 13.2. The van der Waals surface area contributed by atoms with Crippen molar-refractivity contribution in [2.75, 3.05) is 42.2 Å². The van der Waals surface area contributed by atoms with Crippen LogP contribution < -0.4 is 14.4 Å². The second-order valence-electron chi connectivity index (χ2n) is 13.7. The lowest BCUT2D eigenvalue weighted by atomic mass is 9.68. The molecule has 6 atom stereocenters. The van der Waals surface area contributed by atoms with Gasteiger partial charge in [0.1, 0.15) is 15.7 Å². The van der Waals surface area contributed by atoms with Crippen LogP contribution in [0.25, 0.3) is 0 Å². The minimum Gasteiger partial charge on any atom is -0.490 e. The molecule has 1 spiro atoms. The van der Waals surface area contributed by atoms with Gasteiger partial charge in [0.05, 0.1) is 30.3 Å². The summed E-state index contributed by atoms with van der Waals surface area (Å²) >= 11 is 6.45. The van der Waals surface area contributed by atoms with Gasteiger partial charge in [-0.15, -0.1) is 4.36 Å². The Labute approximate surface area is 282 Å². The third kappa shape index (κ3) is 6.65. The first-order valence-corrected chi connectivity index (χ1v) is 18.6. The number of hydrogen-bond donors (Lipinski definition) is 1.